The van der Waals surface area contributed by atoms with Gasteiger partial charge in [-0.25, -0.2) is 14.6 Å². The molecule has 2 aromatic carbocycles. The number of anilines is 2. The highest BCUT2D eigenvalue weighted by atomic mass is 19.4. The summed E-state index contributed by atoms with van der Waals surface area (Å²) in [7, 11) is 0. The average Bonchev–Trinajstić information content (AvgIpc) is 3.11. The van der Waals surface area contributed by atoms with Gasteiger partial charge < -0.3 is 16.2 Å². The Morgan fingerprint density at radius 1 is 1.16 bits per heavy atom. The number of hydrogen-bond donors (Lipinski definition) is 3. The van der Waals surface area contributed by atoms with Gasteiger partial charge in [0.15, 0.2) is 11.9 Å². The van der Waals surface area contributed by atoms with Gasteiger partial charge in [0.2, 0.25) is 0 Å². The smallest absolute Gasteiger partial charge is 0.382 e. The molecule has 0 unspecified atom stereocenters. The molecule has 0 saturated carbocycles. The van der Waals surface area contributed by atoms with E-state index >= 15 is 0 Å². The van der Waals surface area contributed by atoms with Crippen LogP contribution >= 0.6 is 0 Å². The van der Waals surface area contributed by atoms with Crippen molar-refractivity contribution >= 4 is 28.4 Å². The van der Waals surface area contributed by atoms with Crippen molar-refractivity contribution in [2.75, 3.05) is 11.1 Å². The maximum Gasteiger partial charge on any atom is 0.416 e. The number of benzene rings is 2. The normalized spacial score (nSPS) is 12.7. The lowest BCUT2D eigenvalue weighted by atomic mass is 10.1. The predicted octanol–water partition coefficient (Wildman–Crippen LogP) is 3.40. The molecule has 0 saturated heterocycles. The molecule has 164 valence electrons. The van der Waals surface area contributed by atoms with Crippen LogP contribution in [-0.2, 0) is 11.0 Å². The third-order valence-electron chi connectivity index (χ3n) is 4.81. The largest absolute Gasteiger partial charge is 0.416 e. The molecule has 8 nitrogen and oxygen atoms in total. The van der Waals surface area contributed by atoms with Crippen molar-refractivity contribution in [3.63, 3.8) is 0 Å². The predicted molar refractivity (Wildman–Crippen MR) is 111 cm³/mol. The van der Waals surface area contributed by atoms with Crippen LogP contribution in [0.3, 0.4) is 0 Å². The van der Waals surface area contributed by atoms with E-state index in [1.54, 1.807) is 35.9 Å². The van der Waals surface area contributed by atoms with E-state index in [1.807, 2.05) is 0 Å². The summed E-state index contributed by atoms with van der Waals surface area (Å²) in [6, 6.07) is 10.4. The summed E-state index contributed by atoms with van der Waals surface area (Å²) in [4.78, 5) is 20.5. The van der Waals surface area contributed by atoms with Crippen LogP contribution in [0.1, 0.15) is 22.9 Å². The molecule has 0 bridgehead atoms. The fraction of sp³-hybridized carbons (Fsp3) is 0.143. The number of nitrogens with two attached hydrogens (primary N) is 1. The zero-order valence-electron chi connectivity index (χ0n) is 16.6. The van der Waals surface area contributed by atoms with Crippen LogP contribution in [0.15, 0.2) is 54.9 Å². The average molecular weight is 442 g/mol. The zero-order valence-corrected chi connectivity index (χ0v) is 16.6. The van der Waals surface area contributed by atoms with Crippen LogP contribution in [0.2, 0.25) is 0 Å². The number of aliphatic hydroxyl groups is 1. The summed E-state index contributed by atoms with van der Waals surface area (Å²) in [6.45, 7) is 1.79. The molecule has 0 fully saturated rings. The highest BCUT2D eigenvalue weighted by molar-refractivity contribution is 5.95. The second-order valence-electron chi connectivity index (χ2n) is 7.02. The Morgan fingerprint density at radius 3 is 2.56 bits per heavy atom. The van der Waals surface area contributed by atoms with Crippen molar-refractivity contribution < 1.29 is 23.1 Å². The number of carbonyl (C=O) groups is 1. The highest BCUT2D eigenvalue weighted by Crippen LogP contribution is 2.31. The zero-order chi connectivity index (χ0) is 23.0. The first-order chi connectivity index (χ1) is 15.1. The molecule has 4 N–H and O–H groups in total. The molecule has 4 aromatic rings. The number of aryl methyl sites for hydroxylation is 1. The Kier molecular flexibility index (Phi) is 5.26. The summed E-state index contributed by atoms with van der Waals surface area (Å²) in [5.74, 6) is -0.604. The molecule has 0 radical (unpaired) electrons. The number of fused-ring (bicyclic) bond motifs is 1. The highest BCUT2D eigenvalue weighted by Gasteiger charge is 2.31. The van der Waals surface area contributed by atoms with Crippen molar-refractivity contribution in [1.82, 2.24) is 19.7 Å². The first-order valence-electron chi connectivity index (χ1n) is 9.37. The van der Waals surface area contributed by atoms with E-state index in [0.29, 0.717) is 28.1 Å². The van der Waals surface area contributed by atoms with Gasteiger partial charge in [0, 0.05) is 5.69 Å². The number of amides is 1. The van der Waals surface area contributed by atoms with Crippen LogP contribution in [0.25, 0.3) is 16.7 Å². The van der Waals surface area contributed by atoms with Crippen LogP contribution < -0.4 is 11.1 Å². The monoisotopic (exact) mass is 442 g/mol. The molecule has 11 heteroatoms. The molecule has 2 aromatic heterocycles. The quantitative estimate of drug-likeness (QED) is 0.446. The van der Waals surface area contributed by atoms with Crippen molar-refractivity contribution in [1.29, 1.82) is 0 Å². The minimum Gasteiger partial charge on any atom is -0.382 e. The van der Waals surface area contributed by atoms with Crippen LogP contribution in [0, 0.1) is 6.92 Å². The minimum atomic E-state index is -4.58. The molecular formula is C21H17F3N6O2. The first-order valence-corrected chi connectivity index (χ1v) is 9.37. The number of aliphatic hydroxyl groups excluding tert-OH is 1. The molecule has 32 heavy (non-hydrogen) atoms. The molecule has 1 amide bonds. The Hall–Kier alpha value is -3.99. The molecule has 0 aliphatic carbocycles. The first kappa shape index (κ1) is 21.2. The molecule has 0 aliphatic heterocycles. The molecule has 0 spiro atoms. The summed E-state index contributed by atoms with van der Waals surface area (Å²) in [5, 5.41) is 17.1. The van der Waals surface area contributed by atoms with Crippen molar-refractivity contribution in [3.8, 4) is 5.69 Å². The maximum atomic E-state index is 12.9. The van der Waals surface area contributed by atoms with E-state index in [-0.39, 0.29) is 11.4 Å². The summed E-state index contributed by atoms with van der Waals surface area (Å²) in [6.07, 6.45) is -5.00. The third-order valence-corrected chi connectivity index (χ3v) is 4.81. The van der Waals surface area contributed by atoms with Crippen LogP contribution in [0.4, 0.5) is 24.7 Å². The number of aromatic nitrogens is 4. The fourth-order valence-corrected chi connectivity index (χ4v) is 3.23. The van der Waals surface area contributed by atoms with E-state index in [2.05, 4.69) is 20.4 Å². The number of halogens is 3. The molecule has 0 aliphatic rings. The fourth-order valence-electron chi connectivity index (χ4n) is 3.23. The van der Waals surface area contributed by atoms with Crippen LogP contribution in [0.5, 0.6) is 0 Å². The van der Waals surface area contributed by atoms with E-state index in [0.717, 1.165) is 18.2 Å². The molecular weight excluding hydrogens is 425 g/mol. The third kappa shape index (κ3) is 3.97. The number of nitrogen functional groups attached to an aromatic ring is 1. The molecule has 4 rings (SSSR count). The van der Waals surface area contributed by atoms with Gasteiger partial charge in [0.1, 0.15) is 17.4 Å². The van der Waals surface area contributed by atoms with E-state index < -0.39 is 23.8 Å². The molecule has 2 heterocycles. The van der Waals surface area contributed by atoms with E-state index in [4.69, 9.17) is 5.73 Å². The van der Waals surface area contributed by atoms with Gasteiger partial charge in [0.05, 0.1) is 16.9 Å². The minimum absolute atomic E-state index is 0.164. The van der Waals surface area contributed by atoms with E-state index in [9.17, 15) is 23.1 Å². The van der Waals surface area contributed by atoms with Gasteiger partial charge in [-0.3, -0.25) is 4.79 Å². The van der Waals surface area contributed by atoms with Gasteiger partial charge >= 0.3 is 6.18 Å². The number of nitrogens with one attached hydrogen (secondary N) is 1. The number of carbonyl (C=O) groups excluding carboxylic acids is 1. The van der Waals surface area contributed by atoms with Gasteiger partial charge in [-0.15, -0.1) is 0 Å². The number of alkyl halides is 3. The lowest BCUT2D eigenvalue weighted by Crippen LogP contribution is -2.21. The Morgan fingerprint density at radius 2 is 1.88 bits per heavy atom. The lowest BCUT2D eigenvalue weighted by molar-refractivity contribution is -0.138. The molecule has 1 atom stereocenters. The van der Waals surface area contributed by atoms with Crippen molar-refractivity contribution in [3.05, 3.63) is 71.7 Å². The topological polar surface area (TPSA) is 119 Å². The van der Waals surface area contributed by atoms with Crippen LogP contribution in [-0.4, -0.2) is 30.8 Å². The Balaban J connectivity index is 1.54. The second-order valence-corrected chi connectivity index (χ2v) is 7.02. The standard InChI is InChI=1S/C21H17F3N6O2/c1-11-16-17(19(25)27-10-26-16)30(29-11)15-7-5-14(6-8-15)28-20(32)18(31)12-3-2-4-13(9-12)21(22,23)24/h2-10,18,31H,1H3,(H,28,32)(H2,25,26,27)/t18-/m1/s1. The Bertz CT molecular complexity index is 1300. The number of hydrogen-bond acceptors (Lipinski definition) is 6. The summed E-state index contributed by atoms with van der Waals surface area (Å²) >= 11 is 0. The Labute approximate surface area is 179 Å². The van der Waals surface area contributed by atoms with Gasteiger partial charge in [-0.05, 0) is 48.9 Å². The number of rotatable bonds is 4. The van der Waals surface area contributed by atoms with Gasteiger partial charge in [0.25, 0.3) is 5.91 Å². The van der Waals surface area contributed by atoms with E-state index in [1.165, 1.54) is 12.4 Å². The SMILES string of the molecule is Cc1nn(-c2ccc(NC(=O)[C@H](O)c3cccc(C(F)(F)F)c3)cc2)c2c(N)ncnc12. The lowest BCUT2D eigenvalue weighted by Gasteiger charge is -2.14. The van der Waals surface area contributed by atoms with Crippen molar-refractivity contribution in [2.24, 2.45) is 0 Å². The van der Waals surface area contributed by atoms with Gasteiger partial charge in [-0.1, -0.05) is 12.1 Å². The maximum absolute atomic E-state index is 12.9. The number of nitrogens with zero attached hydrogens (tertiary/aromatic N) is 4. The summed E-state index contributed by atoms with van der Waals surface area (Å²) < 4.78 is 40.2. The summed E-state index contributed by atoms with van der Waals surface area (Å²) in [5.41, 5.74) is 7.63. The van der Waals surface area contributed by atoms with Gasteiger partial charge in [-0.2, -0.15) is 18.3 Å². The van der Waals surface area contributed by atoms with Crippen molar-refractivity contribution in [2.45, 2.75) is 19.2 Å². The second kappa shape index (κ2) is 7.93.